The number of carbonyl (C=O) groups is 1. The Balaban J connectivity index is 1.56. The van der Waals surface area contributed by atoms with E-state index in [0.717, 1.165) is 11.4 Å². The van der Waals surface area contributed by atoms with Crippen LogP contribution >= 0.6 is 0 Å². The number of hydrogen-bond donors (Lipinski definition) is 0. The van der Waals surface area contributed by atoms with Crippen LogP contribution in [0, 0.1) is 19.7 Å². The van der Waals surface area contributed by atoms with Gasteiger partial charge in [-0.05, 0) is 38.8 Å². The van der Waals surface area contributed by atoms with E-state index in [9.17, 15) is 9.18 Å². The molecule has 2 heterocycles. The molecule has 2 fully saturated rings. The number of aromatic nitrogens is 2. The van der Waals surface area contributed by atoms with E-state index in [1.165, 1.54) is 6.07 Å². The molecule has 1 unspecified atom stereocenters. The fourth-order valence-electron chi connectivity index (χ4n) is 3.80. The van der Waals surface area contributed by atoms with Crippen molar-refractivity contribution < 1.29 is 13.9 Å². The number of ether oxygens (including phenoxy) is 1. The number of morpholine rings is 1. The molecule has 5 nitrogen and oxygen atoms in total. The fraction of sp³-hybridized carbons (Fsp3) is 0.450. The van der Waals surface area contributed by atoms with Crippen molar-refractivity contribution in [1.29, 1.82) is 0 Å². The van der Waals surface area contributed by atoms with Crippen molar-refractivity contribution in [3.05, 3.63) is 58.9 Å². The minimum absolute atomic E-state index is 0.00148. The minimum Gasteiger partial charge on any atom is -0.368 e. The lowest BCUT2D eigenvalue weighted by Crippen LogP contribution is -2.47. The maximum Gasteiger partial charge on any atom is 0.233 e. The summed E-state index contributed by atoms with van der Waals surface area (Å²) in [6, 6.07) is 8.51. The molecule has 1 saturated heterocycles. The molecule has 136 valence electrons. The Kier molecular flexibility index (Phi) is 4.23. The van der Waals surface area contributed by atoms with Gasteiger partial charge in [-0.15, -0.1) is 0 Å². The van der Waals surface area contributed by atoms with Gasteiger partial charge in [0.1, 0.15) is 17.7 Å². The molecule has 1 aliphatic heterocycles. The third-order valence-corrected chi connectivity index (χ3v) is 5.22. The minimum atomic E-state index is -0.704. The largest absolute Gasteiger partial charge is 0.368 e. The molecule has 26 heavy (non-hydrogen) atoms. The Labute approximate surface area is 152 Å². The van der Waals surface area contributed by atoms with Crippen molar-refractivity contribution >= 4 is 5.91 Å². The van der Waals surface area contributed by atoms with E-state index in [2.05, 4.69) is 9.97 Å². The van der Waals surface area contributed by atoms with E-state index in [1.807, 2.05) is 19.9 Å². The predicted molar refractivity (Wildman–Crippen MR) is 94.1 cm³/mol. The highest BCUT2D eigenvalue weighted by atomic mass is 19.1. The van der Waals surface area contributed by atoms with E-state index in [-0.39, 0.29) is 17.8 Å². The number of nitrogens with zero attached hydrogens (tertiary/aromatic N) is 3. The van der Waals surface area contributed by atoms with Crippen LogP contribution in [0.15, 0.2) is 30.3 Å². The van der Waals surface area contributed by atoms with E-state index >= 15 is 0 Å². The van der Waals surface area contributed by atoms with E-state index in [0.29, 0.717) is 43.9 Å². The number of amides is 1. The van der Waals surface area contributed by atoms with Crippen molar-refractivity contribution in [3.63, 3.8) is 0 Å². The van der Waals surface area contributed by atoms with Crippen LogP contribution in [0.4, 0.5) is 4.39 Å². The van der Waals surface area contributed by atoms with Crippen LogP contribution in [-0.2, 0) is 14.9 Å². The molecule has 1 saturated carbocycles. The summed E-state index contributed by atoms with van der Waals surface area (Å²) in [5, 5.41) is 0. The Hall–Kier alpha value is -2.34. The van der Waals surface area contributed by atoms with Crippen LogP contribution in [0.3, 0.4) is 0 Å². The van der Waals surface area contributed by atoms with Gasteiger partial charge in [-0.1, -0.05) is 18.2 Å². The number of aryl methyl sites for hydroxylation is 2. The molecular formula is C20H22FN3O2. The van der Waals surface area contributed by atoms with Gasteiger partial charge in [0.2, 0.25) is 5.91 Å². The van der Waals surface area contributed by atoms with Crippen molar-refractivity contribution in [3.8, 4) is 0 Å². The quantitative estimate of drug-likeness (QED) is 0.850. The lowest BCUT2D eigenvalue weighted by Gasteiger charge is -2.35. The van der Waals surface area contributed by atoms with Crippen molar-refractivity contribution in [1.82, 2.24) is 14.9 Å². The summed E-state index contributed by atoms with van der Waals surface area (Å²) in [6.07, 6.45) is 1.12. The van der Waals surface area contributed by atoms with Gasteiger partial charge in [0.15, 0.2) is 0 Å². The molecule has 4 rings (SSSR count). The van der Waals surface area contributed by atoms with Crippen LogP contribution in [0.2, 0.25) is 0 Å². The first-order valence-corrected chi connectivity index (χ1v) is 8.98. The molecule has 6 heteroatoms. The summed E-state index contributed by atoms with van der Waals surface area (Å²) < 4.78 is 20.1. The van der Waals surface area contributed by atoms with Gasteiger partial charge in [0.05, 0.1) is 24.3 Å². The molecule has 2 aromatic rings. The van der Waals surface area contributed by atoms with Crippen molar-refractivity contribution in [2.75, 3.05) is 19.7 Å². The molecule has 0 spiro atoms. The Morgan fingerprint density at radius 3 is 2.73 bits per heavy atom. The fourth-order valence-corrected chi connectivity index (χ4v) is 3.80. The Bertz CT molecular complexity index is 830. The topological polar surface area (TPSA) is 55.3 Å². The molecule has 0 bridgehead atoms. The molecule has 1 amide bonds. The second-order valence-electron chi connectivity index (χ2n) is 7.15. The highest BCUT2D eigenvalue weighted by Crippen LogP contribution is 2.50. The maximum atomic E-state index is 14.3. The zero-order valence-corrected chi connectivity index (χ0v) is 15.0. The van der Waals surface area contributed by atoms with E-state index in [1.54, 1.807) is 23.1 Å². The van der Waals surface area contributed by atoms with Gasteiger partial charge in [-0.3, -0.25) is 4.79 Å². The highest BCUT2D eigenvalue weighted by molar-refractivity contribution is 5.91. The van der Waals surface area contributed by atoms with Gasteiger partial charge in [-0.2, -0.15) is 0 Å². The van der Waals surface area contributed by atoms with Gasteiger partial charge in [-0.25, -0.2) is 14.4 Å². The zero-order valence-electron chi connectivity index (χ0n) is 15.0. The SMILES string of the molecule is Cc1cc(C2CN(C(=O)C3(c4ccccc4F)CC3)CCO2)nc(C)n1. The normalized spacial score (nSPS) is 21.5. The first kappa shape index (κ1) is 17.1. The van der Waals surface area contributed by atoms with Crippen LogP contribution in [0.5, 0.6) is 0 Å². The smallest absolute Gasteiger partial charge is 0.233 e. The predicted octanol–water partition coefficient (Wildman–Crippen LogP) is 2.86. The van der Waals surface area contributed by atoms with Crippen LogP contribution in [0.1, 0.15) is 41.7 Å². The average Bonchev–Trinajstić information content (AvgIpc) is 3.42. The average molecular weight is 355 g/mol. The van der Waals surface area contributed by atoms with Gasteiger partial charge >= 0.3 is 0 Å². The number of rotatable bonds is 3. The second kappa shape index (κ2) is 6.43. The zero-order chi connectivity index (χ0) is 18.3. The lowest BCUT2D eigenvalue weighted by atomic mass is 9.93. The third kappa shape index (κ3) is 2.98. The molecule has 2 aliphatic rings. The molecule has 1 atom stereocenters. The summed E-state index contributed by atoms with van der Waals surface area (Å²) in [5.41, 5.74) is 1.49. The summed E-state index contributed by atoms with van der Waals surface area (Å²) in [5.74, 6) is 0.390. The van der Waals surface area contributed by atoms with Gasteiger partial charge in [0, 0.05) is 17.8 Å². The van der Waals surface area contributed by atoms with E-state index < -0.39 is 5.41 Å². The molecule has 1 aromatic carbocycles. The number of hydrogen-bond acceptors (Lipinski definition) is 4. The Morgan fingerprint density at radius 1 is 1.27 bits per heavy atom. The lowest BCUT2D eigenvalue weighted by molar-refractivity contribution is -0.142. The number of halogens is 1. The number of carbonyl (C=O) groups excluding carboxylic acids is 1. The Morgan fingerprint density at radius 2 is 2.04 bits per heavy atom. The van der Waals surface area contributed by atoms with Crippen molar-refractivity contribution in [2.24, 2.45) is 0 Å². The molecular weight excluding hydrogens is 333 g/mol. The number of benzene rings is 1. The van der Waals surface area contributed by atoms with Gasteiger partial charge in [0.25, 0.3) is 0 Å². The monoisotopic (exact) mass is 355 g/mol. The maximum absolute atomic E-state index is 14.3. The molecule has 1 aromatic heterocycles. The van der Waals surface area contributed by atoms with E-state index in [4.69, 9.17) is 4.74 Å². The molecule has 1 aliphatic carbocycles. The first-order chi connectivity index (χ1) is 12.5. The second-order valence-corrected chi connectivity index (χ2v) is 7.15. The molecule has 0 N–H and O–H groups in total. The molecule has 0 radical (unpaired) electrons. The van der Waals surface area contributed by atoms with Crippen LogP contribution in [0.25, 0.3) is 0 Å². The summed E-state index contributed by atoms with van der Waals surface area (Å²) in [6.45, 7) is 5.17. The van der Waals surface area contributed by atoms with Crippen molar-refractivity contribution in [2.45, 2.75) is 38.2 Å². The van der Waals surface area contributed by atoms with Gasteiger partial charge < -0.3 is 9.64 Å². The summed E-state index contributed by atoms with van der Waals surface area (Å²) >= 11 is 0. The highest BCUT2D eigenvalue weighted by Gasteiger charge is 2.54. The third-order valence-electron chi connectivity index (χ3n) is 5.22. The summed E-state index contributed by atoms with van der Waals surface area (Å²) in [4.78, 5) is 23.8. The summed E-state index contributed by atoms with van der Waals surface area (Å²) in [7, 11) is 0. The van der Waals surface area contributed by atoms with Crippen LogP contribution < -0.4 is 0 Å². The standard InChI is InChI=1S/C20H22FN3O2/c1-13-11-17(23-14(2)22-13)18-12-24(9-10-26-18)19(25)20(7-8-20)15-5-3-4-6-16(15)21/h3-6,11,18H,7-10,12H2,1-2H3. The first-order valence-electron chi connectivity index (χ1n) is 8.98. The van der Waals surface area contributed by atoms with Crippen LogP contribution in [-0.4, -0.2) is 40.5 Å².